The van der Waals surface area contributed by atoms with E-state index in [1.54, 1.807) is 4.68 Å². The highest BCUT2D eigenvalue weighted by molar-refractivity contribution is 5.48. The molecule has 0 unspecified atom stereocenters. The second-order valence-electron chi connectivity index (χ2n) is 4.76. The van der Waals surface area contributed by atoms with Crippen LogP contribution in [0.2, 0.25) is 0 Å². The van der Waals surface area contributed by atoms with Gasteiger partial charge in [0.25, 0.3) is 0 Å². The Balaban J connectivity index is 2.60. The smallest absolute Gasteiger partial charge is 0.186 e. The van der Waals surface area contributed by atoms with Gasteiger partial charge in [-0.15, -0.1) is 5.10 Å². The SMILES string of the molecule is CCOc1ccccc1-n1nnc(C#N)c1C(CC)CC. The van der Waals surface area contributed by atoms with Crippen LogP contribution in [-0.2, 0) is 0 Å². The third-order valence-electron chi connectivity index (χ3n) is 3.58. The second kappa shape index (κ2) is 6.89. The molecule has 5 heteroatoms. The summed E-state index contributed by atoms with van der Waals surface area (Å²) in [5, 5.41) is 17.5. The largest absolute Gasteiger partial charge is 0.492 e. The van der Waals surface area contributed by atoms with Crippen molar-refractivity contribution in [3.05, 3.63) is 35.7 Å². The van der Waals surface area contributed by atoms with Gasteiger partial charge in [0.1, 0.15) is 17.5 Å². The predicted octanol–water partition coefficient (Wildman–Crippen LogP) is 3.44. The highest BCUT2D eigenvalue weighted by atomic mass is 16.5. The lowest BCUT2D eigenvalue weighted by atomic mass is 9.97. The maximum Gasteiger partial charge on any atom is 0.186 e. The number of aromatic nitrogens is 3. The fourth-order valence-corrected chi connectivity index (χ4v) is 2.50. The van der Waals surface area contributed by atoms with Gasteiger partial charge in [0.15, 0.2) is 5.69 Å². The summed E-state index contributed by atoms with van der Waals surface area (Å²) < 4.78 is 7.42. The van der Waals surface area contributed by atoms with E-state index >= 15 is 0 Å². The van der Waals surface area contributed by atoms with Crippen molar-refractivity contribution in [2.75, 3.05) is 6.61 Å². The van der Waals surface area contributed by atoms with Crippen molar-refractivity contribution in [1.29, 1.82) is 5.26 Å². The van der Waals surface area contributed by atoms with Gasteiger partial charge in [-0.2, -0.15) is 5.26 Å². The number of rotatable bonds is 6. The fraction of sp³-hybridized carbons (Fsp3) is 0.438. The van der Waals surface area contributed by atoms with E-state index in [2.05, 4.69) is 30.2 Å². The average molecular weight is 284 g/mol. The molecule has 0 spiro atoms. The minimum absolute atomic E-state index is 0.254. The molecule has 110 valence electrons. The van der Waals surface area contributed by atoms with Gasteiger partial charge in [0, 0.05) is 5.92 Å². The summed E-state index contributed by atoms with van der Waals surface area (Å²) in [4.78, 5) is 0. The van der Waals surface area contributed by atoms with Crippen LogP contribution in [0.1, 0.15) is 50.9 Å². The zero-order valence-corrected chi connectivity index (χ0v) is 12.7. The van der Waals surface area contributed by atoms with Crippen LogP contribution in [0.25, 0.3) is 5.69 Å². The lowest BCUT2D eigenvalue weighted by Crippen LogP contribution is -2.10. The molecule has 0 aliphatic heterocycles. The molecular formula is C16H20N4O. The molecule has 0 saturated carbocycles. The van der Waals surface area contributed by atoms with Crippen LogP contribution < -0.4 is 4.74 Å². The van der Waals surface area contributed by atoms with Crippen LogP contribution in [0.5, 0.6) is 5.75 Å². The molecule has 0 amide bonds. The Hall–Kier alpha value is -2.35. The molecule has 2 rings (SSSR count). The number of para-hydroxylation sites is 2. The Labute approximate surface area is 125 Å². The zero-order valence-electron chi connectivity index (χ0n) is 12.7. The Kier molecular flexibility index (Phi) is 4.94. The lowest BCUT2D eigenvalue weighted by Gasteiger charge is -2.16. The Morgan fingerprint density at radius 2 is 1.95 bits per heavy atom. The molecule has 0 atom stereocenters. The molecule has 2 aromatic rings. The summed E-state index contributed by atoms with van der Waals surface area (Å²) in [5.74, 6) is 1.01. The number of nitriles is 1. The predicted molar refractivity (Wildman–Crippen MR) is 80.6 cm³/mol. The minimum Gasteiger partial charge on any atom is -0.492 e. The number of ether oxygens (including phenoxy) is 1. The Morgan fingerprint density at radius 3 is 2.57 bits per heavy atom. The van der Waals surface area contributed by atoms with E-state index in [-0.39, 0.29) is 5.92 Å². The maximum absolute atomic E-state index is 9.29. The summed E-state index contributed by atoms with van der Waals surface area (Å²) in [6.45, 7) is 6.75. The molecule has 0 aliphatic rings. The number of nitrogens with zero attached hydrogens (tertiary/aromatic N) is 4. The normalized spacial score (nSPS) is 10.6. The molecule has 1 aromatic carbocycles. The van der Waals surface area contributed by atoms with Crippen LogP contribution in [0.15, 0.2) is 24.3 Å². The van der Waals surface area contributed by atoms with Gasteiger partial charge in [-0.1, -0.05) is 31.2 Å². The number of hydrogen-bond acceptors (Lipinski definition) is 4. The second-order valence-corrected chi connectivity index (χ2v) is 4.76. The van der Waals surface area contributed by atoms with E-state index in [4.69, 9.17) is 4.74 Å². The highest BCUT2D eigenvalue weighted by Gasteiger charge is 2.22. The maximum atomic E-state index is 9.29. The minimum atomic E-state index is 0.254. The van der Waals surface area contributed by atoms with Crippen molar-refractivity contribution in [2.24, 2.45) is 0 Å². The molecule has 0 saturated heterocycles. The van der Waals surface area contributed by atoms with Crippen molar-refractivity contribution in [3.8, 4) is 17.5 Å². The van der Waals surface area contributed by atoms with Crippen molar-refractivity contribution >= 4 is 0 Å². The molecule has 1 heterocycles. The first-order valence-corrected chi connectivity index (χ1v) is 7.34. The molecule has 0 radical (unpaired) electrons. The van der Waals surface area contributed by atoms with E-state index < -0.39 is 0 Å². The number of hydrogen-bond donors (Lipinski definition) is 0. The topological polar surface area (TPSA) is 63.7 Å². The summed E-state index contributed by atoms with van der Waals surface area (Å²) in [5.41, 5.74) is 2.10. The highest BCUT2D eigenvalue weighted by Crippen LogP contribution is 2.30. The third kappa shape index (κ3) is 2.89. The summed E-state index contributed by atoms with van der Waals surface area (Å²) in [6.07, 6.45) is 1.88. The van der Waals surface area contributed by atoms with Crippen LogP contribution in [0, 0.1) is 11.3 Å². The van der Waals surface area contributed by atoms with E-state index in [0.29, 0.717) is 12.3 Å². The van der Waals surface area contributed by atoms with Gasteiger partial charge in [-0.05, 0) is 31.9 Å². The fourth-order valence-electron chi connectivity index (χ4n) is 2.50. The molecule has 0 bridgehead atoms. The zero-order chi connectivity index (χ0) is 15.2. The van der Waals surface area contributed by atoms with Gasteiger partial charge in [0.2, 0.25) is 0 Å². The van der Waals surface area contributed by atoms with Crippen LogP contribution >= 0.6 is 0 Å². The van der Waals surface area contributed by atoms with E-state index in [0.717, 1.165) is 30.0 Å². The van der Waals surface area contributed by atoms with Gasteiger partial charge >= 0.3 is 0 Å². The first-order valence-electron chi connectivity index (χ1n) is 7.34. The summed E-state index contributed by atoms with van der Waals surface area (Å²) in [6, 6.07) is 9.85. The molecule has 21 heavy (non-hydrogen) atoms. The summed E-state index contributed by atoms with van der Waals surface area (Å²) >= 11 is 0. The lowest BCUT2D eigenvalue weighted by molar-refractivity contribution is 0.337. The number of benzene rings is 1. The molecule has 5 nitrogen and oxygen atoms in total. The van der Waals surface area contributed by atoms with Gasteiger partial charge < -0.3 is 4.74 Å². The molecule has 0 aliphatic carbocycles. The quantitative estimate of drug-likeness (QED) is 0.815. The summed E-state index contributed by atoms with van der Waals surface area (Å²) in [7, 11) is 0. The first-order chi connectivity index (χ1) is 10.3. The molecule has 0 N–H and O–H groups in total. The van der Waals surface area contributed by atoms with Crippen molar-refractivity contribution in [1.82, 2.24) is 15.0 Å². The van der Waals surface area contributed by atoms with E-state index in [9.17, 15) is 5.26 Å². The Bertz CT molecular complexity index is 638. The Morgan fingerprint density at radius 1 is 1.24 bits per heavy atom. The van der Waals surface area contributed by atoms with Crippen molar-refractivity contribution in [2.45, 2.75) is 39.5 Å². The van der Waals surface area contributed by atoms with Crippen LogP contribution in [0.4, 0.5) is 0 Å². The van der Waals surface area contributed by atoms with Crippen LogP contribution in [0.3, 0.4) is 0 Å². The first kappa shape index (κ1) is 15.0. The van der Waals surface area contributed by atoms with E-state index in [1.165, 1.54) is 0 Å². The third-order valence-corrected chi connectivity index (χ3v) is 3.58. The molecular weight excluding hydrogens is 264 g/mol. The molecule has 0 fully saturated rings. The standard InChI is InChI=1S/C16H20N4O/c1-4-12(5-2)16-13(11-17)18-19-20(16)14-9-7-8-10-15(14)21-6-3/h7-10,12H,4-6H2,1-3H3. The average Bonchev–Trinajstić information content (AvgIpc) is 2.93. The van der Waals surface area contributed by atoms with Crippen molar-refractivity contribution < 1.29 is 4.74 Å². The van der Waals surface area contributed by atoms with E-state index in [1.807, 2.05) is 31.2 Å². The van der Waals surface area contributed by atoms with Gasteiger partial charge in [-0.3, -0.25) is 0 Å². The monoisotopic (exact) mass is 284 g/mol. The molecule has 1 aromatic heterocycles. The van der Waals surface area contributed by atoms with Gasteiger partial charge in [0.05, 0.1) is 12.3 Å². The van der Waals surface area contributed by atoms with Crippen molar-refractivity contribution in [3.63, 3.8) is 0 Å². The van der Waals surface area contributed by atoms with Gasteiger partial charge in [-0.25, -0.2) is 4.68 Å². The van der Waals surface area contributed by atoms with Crippen LogP contribution in [-0.4, -0.2) is 21.6 Å².